The Hall–Kier alpha value is -0.0800. The first-order valence-electron chi connectivity index (χ1n) is 6.47. The number of hydrogen-bond acceptors (Lipinski definition) is 2. The lowest BCUT2D eigenvalue weighted by molar-refractivity contribution is -0.191. The molecular weight excluding hydrogens is 186 g/mol. The van der Waals surface area contributed by atoms with Crippen molar-refractivity contribution in [2.45, 2.75) is 70.6 Å². The van der Waals surface area contributed by atoms with Crippen molar-refractivity contribution in [2.75, 3.05) is 6.54 Å². The second-order valence-corrected chi connectivity index (χ2v) is 6.07. The van der Waals surface area contributed by atoms with Gasteiger partial charge in [-0.3, -0.25) is 5.32 Å². The summed E-state index contributed by atoms with van der Waals surface area (Å²) >= 11 is 0. The number of hydrogen-bond donors (Lipinski definition) is 1. The lowest BCUT2D eigenvalue weighted by Gasteiger charge is -2.46. The summed E-state index contributed by atoms with van der Waals surface area (Å²) in [6, 6.07) is 0. The molecular formula is C13H25NO. The van der Waals surface area contributed by atoms with Gasteiger partial charge in [-0.25, -0.2) is 0 Å². The molecule has 1 saturated carbocycles. The molecule has 1 heterocycles. The molecule has 1 spiro atoms. The molecule has 1 aliphatic carbocycles. The van der Waals surface area contributed by atoms with Gasteiger partial charge in [0, 0.05) is 6.54 Å². The van der Waals surface area contributed by atoms with E-state index in [1.807, 2.05) is 0 Å². The van der Waals surface area contributed by atoms with Crippen LogP contribution in [0.2, 0.25) is 0 Å². The van der Waals surface area contributed by atoms with Crippen LogP contribution in [0.1, 0.15) is 59.3 Å². The third-order valence-electron chi connectivity index (χ3n) is 3.96. The van der Waals surface area contributed by atoms with E-state index in [2.05, 4.69) is 26.1 Å². The van der Waals surface area contributed by atoms with Crippen LogP contribution in [-0.2, 0) is 4.74 Å². The molecule has 15 heavy (non-hydrogen) atoms. The van der Waals surface area contributed by atoms with E-state index in [-0.39, 0.29) is 11.3 Å². The zero-order chi connectivity index (χ0) is 10.9. The Bertz CT molecular complexity index is 227. The molecule has 0 radical (unpaired) electrons. The quantitative estimate of drug-likeness (QED) is 0.665. The second kappa shape index (κ2) is 4.06. The van der Waals surface area contributed by atoms with Crippen molar-refractivity contribution in [3.63, 3.8) is 0 Å². The van der Waals surface area contributed by atoms with E-state index >= 15 is 0 Å². The molecule has 2 rings (SSSR count). The van der Waals surface area contributed by atoms with Crippen molar-refractivity contribution in [3.05, 3.63) is 0 Å². The van der Waals surface area contributed by atoms with E-state index in [1.165, 1.54) is 32.1 Å². The van der Waals surface area contributed by atoms with E-state index in [0.717, 1.165) is 18.9 Å². The Labute approximate surface area is 93.8 Å². The van der Waals surface area contributed by atoms with Gasteiger partial charge in [-0.2, -0.15) is 0 Å². The van der Waals surface area contributed by atoms with E-state index in [4.69, 9.17) is 4.74 Å². The summed E-state index contributed by atoms with van der Waals surface area (Å²) in [5, 5.41) is 3.63. The average molecular weight is 211 g/mol. The Balaban J connectivity index is 2.04. The number of rotatable bonds is 0. The highest BCUT2D eigenvalue weighted by atomic mass is 16.5. The van der Waals surface area contributed by atoms with Gasteiger partial charge in [0.15, 0.2) is 0 Å². The normalized spacial score (nSPS) is 41.4. The van der Waals surface area contributed by atoms with Crippen LogP contribution in [0, 0.1) is 5.92 Å². The molecule has 0 bridgehead atoms. The van der Waals surface area contributed by atoms with Crippen molar-refractivity contribution in [3.8, 4) is 0 Å². The molecule has 0 aromatic carbocycles. The summed E-state index contributed by atoms with van der Waals surface area (Å²) in [6.07, 6.45) is 7.50. The van der Waals surface area contributed by atoms with E-state index in [0.29, 0.717) is 0 Å². The van der Waals surface area contributed by atoms with E-state index in [1.54, 1.807) is 0 Å². The zero-order valence-corrected chi connectivity index (χ0v) is 10.4. The minimum Gasteiger partial charge on any atom is -0.355 e. The highest BCUT2D eigenvalue weighted by Gasteiger charge is 2.41. The van der Waals surface area contributed by atoms with Crippen LogP contribution >= 0.6 is 0 Å². The highest BCUT2D eigenvalue weighted by Crippen LogP contribution is 2.37. The lowest BCUT2D eigenvalue weighted by Crippen LogP contribution is -2.57. The summed E-state index contributed by atoms with van der Waals surface area (Å²) in [7, 11) is 0. The standard InChI is InChI=1S/C13H25NO/c1-11-5-4-7-13(8-6-11)14-10-9-12(2,3)15-13/h11,14H,4-10H2,1-3H3. The average Bonchev–Trinajstić information content (AvgIpc) is 2.28. The zero-order valence-electron chi connectivity index (χ0n) is 10.4. The fourth-order valence-electron chi connectivity index (χ4n) is 2.97. The molecule has 2 aliphatic rings. The summed E-state index contributed by atoms with van der Waals surface area (Å²) in [6.45, 7) is 7.93. The first-order chi connectivity index (χ1) is 7.02. The smallest absolute Gasteiger partial charge is 0.119 e. The van der Waals surface area contributed by atoms with Crippen LogP contribution in [0.5, 0.6) is 0 Å². The SMILES string of the molecule is CC1CCCC2(CC1)NCCC(C)(C)O2. The van der Waals surface area contributed by atoms with Crippen LogP contribution in [0.4, 0.5) is 0 Å². The van der Waals surface area contributed by atoms with Crippen molar-refractivity contribution >= 4 is 0 Å². The maximum absolute atomic E-state index is 6.32. The molecule has 2 nitrogen and oxygen atoms in total. The van der Waals surface area contributed by atoms with Crippen molar-refractivity contribution in [2.24, 2.45) is 5.92 Å². The largest absolute Gasteiger partial charge is 0.355 e. The third-order valence-corrected chi connectivity index (χ3v) is 3.96. The summed E-state index contributed by atoms with van der Waals surface area (Å²) in [5.41, 5.74) is 0.0747. The predicted molar refractivity (Wildman–Crippen MR) is 62.8 cm³/mol. The van der Waals surface area contributed by atoms with Gasteiger partial charge in [0.05, 0.1) is 5.60 Å². The number of ether oxygens (including phenoxy) is 1. The molecule has 2 heteroatoms. The molecule has 0 aromatic rings. The molecule has 88 valence electrons. The highest BCUT2D eigenvalue weighted by molar-refractivity contribution is 4.90. The lowest BCUT2D eigenvalue weighted by atomic mass is 9.95. The first-order valence-corrected chi connectivity index (χ1v) is 6.47. The summed E-state index contributed by atoms with van der Waals surface area (Å²) < 4.78 is 6.32. The van der Waals surface area contributed by atoms with Crippen LogP contribution in [-0.4, -0.2) is 17.9 Å². The van der Waals surface area contributed by atoms with Gasteiger partial charge in [0.25, 0.3) is 0 Å². The van der Waals surface area contributed by atoms with Gasteiger partial charge in [0.1, 0.15) is 5.72 Å². The van der Waals surface area contributed by atoms with Gasteiger partial charge in [-0.05, 0) is 51.9 Å². The Morgan fingerprint density at radius 3 is 2.67 bits per heavy atom. The van der Waals surface area contributed by atoms with Crippen molar-refractivity contribution in [1.29, 1.82) is 0 Å². The fourth-order valence-corrected chi connectivity index (χ4v) is 2.97. The van der Waals surface area contributed by atoms with Crippen LogP contribution in [0.25, 0.3) is 0 Å². The van der Waals surface area contributed by atoms with Gasteiger partial charge in [0.2, 0.25) is 0 Å². The topological polar surface area (TPSA) is 21.3 Å². The Morgan fingerprint density at radius 2 is 1.93 bits per heavy atom. The molecule has 1 saturated heterocycles. The number of nitrogens with one attached hydrogen (secondary N) is 1. The molecule has 0 aromatic heterocycles. The third kappa shape index (κ3) is 2.73. The molecule has 2 atom stereocenters. The molecule has 1 aliphatic heterocycles. The summed E-state index contributed by atoms with van der Waals surface area (Å²) in [4.78, 5) is 0. The maximum Gasteiger partial charge on any atom is 0.119 e. The van der Waals surface area contributed by atoms with Crippen LogP contribution in [0.15, 0.2) is 0 Å². The van der Waals surface area contributed by atoms with Crippen molar-refractivity contribution < 1.29 is 4.74 Å². The minimum atomic E-state index is 0.00646. The monoisotopic (exact) mass is 211 g/mol. The van der Waals surface area contributed by atoms with Crippen LogP contribution < -0.4 is 5.32 Å². The molecule has 0 amide bonds. The maximum atomic E-state index is 6.32. The van der Waals surface area contributed by atoms with Gasteiger partial charge < -0.3 is 4.74 Å². The molecule has 2 unspecified atom stereocenters. The van der Waals surface area contributed by atoms with E-state index in [9.17, 15) is 0 Å². The first kappa shape index (κ1) is 11.4. The second-order valence-electron chi connectivity index (χ2n) is 6.07. The molecule has 1 N–H and O–H groups in total. The predicted octanol–water partition coefficient (Wildman–Crippen LogP) is 3.07. The van der Waals surface area contributed by atoms with Crippen molar-refractivity contribution in [1.82, 2.24) is 5.32 Å². The van der Waals surface area contributed by atoms with Gasteiger partial charge in [-0.15, -0.1) is 0 Å². The van der Waals surface area contributed by atoms with E-state index < -0.39 is 0 Å². The molecule has 2 fully saturated rings. The fraction of sp³-hybridized carbons (Fsp3) is 1.00. The van der Waals surface area contributed by atoms with Crippen LogP contribution in [0.3, 0.4) is 0 Å². The van der Waals surface area contributed by atoms with Gasteiger partial charge in [-0.1, -0.05) is 13.3 Å². The van der Waals surface area contributed by atoms with Gasteiger partial charge >= 0.3 is 0 Å². The minimum absolute atomic E-state index is 0.00646. The Kier molecular flexibility index (Phi) is 3.09. The summed E-state index contributed by atoms with van der Waals surface area (Å²) in [5.74, 6) is 0.875. The Morgan fingerprint density at radius 1 is 1.13 bits per heavy atom.